The highest BCUT2D eigenvalue weighted by Crippen LogP contribution is 2.01. The van der Waals surface area contributed by atoms with Gasteiger partial charge in [0.2, 0.25) is 0 Å². The highest BCUT2D eigenvalue weighted by Gasteiger charge is 2.01. The van der Waals surface area contributed by atoms with Gasteiger partial charge in [-0.05, 0) is 6.92 Å². The Balaban J connectivity index is 3.78. The van der Waals surface area contributed by atoms with Crippen LogP contribution in [0.5, 0.6) is 0 Å². The molecule has 62 valence electrons. The lowest BCUT2D eigenvalue weighted by atomic mass is 10.5. The molecule has 0 atom stereocenters. The summed E-state index contributed by atoms with van der Waals surface area (Å²) in [5.41, 5.74) is 0.504. The van der Waals surface area contributed by atoms with E-state index in [9.17, 15) is 8.78 Å². The van der Waals surface area contributed by atoms with E-state index in [-0.39, 0.29) is 5.76 Å². The number of halogens is 2. The Hall–Kier alpha value is -1.19. The summed E-state index contributed by atoms with van der Waals surface area (Å²) in [4.78, 5) is 3.60. The molecule has 0 rings (SSSR count). The van der Waals surface area contributed by atoms with Crippen LogP contribution in [0.15, 0.2) is 29.6 Å². The van der Waals surface area contributed by atoms with Crippen LogP contribution in [0.1, 0.15) is 6.92 Å². The highest BCUT2D eigenvalue weighted by molar-refractivity contribution is 5.75. The van der Waals surface area contributed by atoms with Gasteiger partial charge < -0.3 is 4.74 Å². The summed E-state index contributed by atoms with van der Waals surface area (Å²) in [6.45, 7) is 5.38. The van der Waals surface area contributed by atoms with E-state index in [2.05, 4.69) is 22.9 Å². The lowest BCUT2D eigenvalue weighted by molar-refractivity contribution is -0.0887. The predicted octanol–water partition coefficient (Wildman–Crippen LogP) is 2.34. The van der Waals surface area contributed by atoms with Gasteiger partial charge >= 0.3 is 6.61 Å². The highest BCUT2D eigenvalue weighted by atomic mass is 19.3. The molecule has 0 radical (unpaired) electrons. The first-order chi connectivity index (χ1) is 5.02. The second kappa shape index (κ2) is 4.60. The van der Waals surface area contributed by atoms with E-state index in [1.807, 2.05) is 0 Å². The van der Waals surface area contributed by atoms with Gasteiger partial charge in [-0.3, -0.25) is 4.99 Å². The van der Waals surface area contributed by atoms with Crippen LogP contribution in [0.3, 0.4) is 0 Å². The zero-order chi connectivity index (χ0) is 8.85. The molecule has 4 heteroatoms. The largest absolute Gasteiger partial charge is 0.434 e. The van der Waals surface area contributed by atoms with Crippen LogP contribution in [-0.4, -0.2) is 12.8 Å². The Morgan fingerprint density at radius 2 is 2.09 bits per heavy atom. The first-order valence-electron chi connectivity index (χ1n) is 2.85. The number of nitrogens with zero attached hydrogens (tertiary/aromatic N) is 1. The molecule has 0 spiro atoms. The SMILES string of the molecule is C=C(C)N=CC(=C)OC(F)F. The first kappa shape index (κ1) is 9.81. The Morgan fingerprint density at radius 1 is 1.55 bits per heavy atom. The second-order valence-corrected chi connectivity index (χ2v) is 1.84. The molecule has 0 bridgehead atoms. The van der Waals surface area contributed by atoms with Crippen molar-refractivity contribution in [2.75, 3.05) is 0 Å². The summed E-state index contributed by atoms with van der Waals surface area (Å²) in [7, 11) is 0. The van der Waals surface area contributed by atoms with Crippen LogP contribution >= 0.6 is 0 Å². The summed E-state index contributed by atoms with van der Waals surface area (Å²) in [5.74, 6) is -0.178. The minimum atomic E-state index is -2.85. The molecular weight excluding hydrogens is 152 g/mol. The summed E-state index contributed by atoms with van der Waals surface area (Å²) in [5, 5.41) is 0. The zero-order valence-electron chi connectivity index (χ0n) is 6.18. The standard InChI is InChI=1S/C7H9F2NO/c1-5(2)10-4-6(3)11-7(8)9/h4,7H,1,3H2,2H3. The van der Waals surface area contributed by atoms with Crippen LogP contribution in [-0.2, 0) is 4.74 Å². The predicted molar refractivity (Wildman–Crippen MR) is 39.5 cm³/mol. The Bertz CT molecular complexity index is 187. The smallest absolute Gasteiger partial charge is 0.387 e. The molecule has 0 aliphatic rings. The molecule has 0 aliphatic heterocycles. The average molecular weight is 161 g/mol. The third kappa shape index (κ3) is 6.70. The fraction of sp³-hybridized carbons (Fsp3) is 0.286. The average Bonchev–Trinajstić information content (AvgIpc) is 1.82. The summed E-state index contributed by atoms with van der Waals surface area (Å²) >= 11 is 0. The van der Waals surface area contributed by atoms with Gasteiger partial charge in [0.25, 0.3) is 0 Å². The van der Waals surface area contributed by atoms with Crippen molar-refractivity contribution >= 4 is 6.21 Å². The Morgan fingerprint density at radius 3 is 2.45 bits per heavy atom. The number of rotatable bonds is 4. The molecule has 0 aromatic rings. The van der Waals surface area contributed by atoms with Crippen molar-refractivity contribution < 1.29 is 13.5 Å². The van der Waals surface area contributed by atoms with E-state index in [1.54, 1.807) is 6.92 Å². The molecule has 2 nitrogen and oxygen atoms in total. The molecule has 0 N–H and O–H groups in total. The maximum absolute atomic E-state index is 11.4. The van der Waals surface area contributed by atoms with Crippen LogP contribution in [0.2, 0.25) is 0 Å². The Labute approximate surface area is 63.9 Å². The maximum atomic E-state index is 11.4. The van der Waals surface area contributed by atoms with Crippen molar-refractivity contribution in [3.05, 3.63) is 24.6 Å². The second-order valence-electron chi connectivity index (χ2n) is 1.84. The molecular formula is C7H9F2NO. The van der Waals surface area contributed by atoms with Gasteiger partial charge in [0.15, 0.2) is 0 Å². The Kier molecular flexibility index (Phi) is 4.10. The number of allylic oxidation sites excluding steroid dienone is 2. The molecule has 0 saturated heterocycles. The fourth-order valence-electron chi connectivity index (χ4n) is 0.327. The molecule has 0 aromatic heterocycles. The minimum absolute atomic E-state index is 0.178. The lowest BCUT2D eigenvalue weighted by Gasteiger charge is -2.00. The van der Waals surface area contributed by atoms with Crippen molar-refractivity contribution in [2.45, 2.75) is 13.5 Å². The summed E-state index contributed by atoms with van der Waals surface area (Å²) in [6.07, 6.45) is 1.09. The molecule has 0 unspecified atom stereocenters. The molecule has 0 saturated carbocycles. The summed E-state index contributed by atoms with van der Waals surface area (Å²) in [6, 6.07) is 0. The third-order valence-corrected chi connectivity index (χ3v) is 0.669. The molecule has 0 fully saturated rings. The van der Waals surface area contributed by atoms with Crippen molar-refractivity contribution in [3.8, 4) is 0 Å². The van der Waals surface area contributed by atoms with E-state index in [4.69, 9.17) is 0 Å². The number of ether oxygens (including phenoxy) is 1. The van der Waals surface area contributed by atoms with Crippen LogP contribution in [0.4, 0.5) is 8.78 Å². The molecule has 11 heavy (non-hydrogen) atoms. The van der Waals surface area contributed by atoms with E-state index in [0.717, 1.165) is 6.21 Å². The van der Waals surface area contributed by atoms with E-state index < -0.39 is 6.61 Å². The van der Waals surface area contributed by atoms with Gasteiger partial charge in [-0.15, -0.1) is 0 Å². The first-order valence-corrected chi connectivity index (χ1v) is 2.85. The van der Waals surface area contributed by atoms with Crippen molar-refractivity contribution in [3.63, 3.8) is 0 Å². The van der Waals surface area contributed by atoms with Gasteiger partial charge in [0.05, 0.1) is 6.21 Å². The quantitative estimate of drug-likeness (QED) is 0.458. The van der Waals surface area contributed by atoms with Crippen molar-refractivity contribution in [1.82, 2.24) is 0 Å². The van der Waals surface area contributed by atoms with Crippen LogP contribution < -0.4 is 0 Å². The number of hydrogen-bond acceptors (Lipinski definition) is 2. The van der Waals surface area contributed by atoms with E-state index in [0.29, 0.717) is 5.70 Å². The van der Waals surface area contributed by atoms with Crippen LogP contribution in [0.25, 0.3) is 0 Å². The van der Waals surface area contributed by atoms with E-state index >= 15 is 0 Å². The number of hydrogen-bond donors (Lipinski definition) is 0. The molecule has 0 aromatic carbocycles. The molecule has 0 heterocycles. The zero-order valence-corrected chi connectivity index (χ0v) is 6.18. The maximum Gasteiger partial charge on any atom is 0.387 e. The molecule has 0 amide bonds. The van der Waals surface area contributed by atoms with E-state index in [1.165, 1.54) is 0 Å². The molecule has 0 aliphatic carbocycles. The normalized spacial score (nSPS) is 10.5. The minimum Gasteiger partial charge on any atom is -0.434 e. The lowest BCUT2D eigenvalue weighted by Crippen LogP contribution is -1.98. The van der Waals surface area contributed by atoms with Crippen molar-refractivity contribution in [1.29, 1.82) is 0 Å². The monoisotopic (exact) mass is 161 g/mol. The summed E-state index contributed by atoms with van der Waals surface area (Å²) < 4.78 is 26.8. The van der Waals surface area contributed by atoms with Gasteiger partial charge in [0, 0.05) is 5.70 Å². The van der Waals surface area contributed by atoms with Crippen LogP contribution in [0, 0.1) is 0 Å². The number of alkyl halides is 2. The van der Waals surface area contributed by atoms with Gasteiger partial charge in [-0.2, -0.15) is 8.78 Å². The van der Waals surface area contributed by atoms with Gasteiger partial charge in [-0.25, -0.2) is 0 Å². The van der Waals surface area contributed by atoms with Gasteiger partial charge in [0.1, 0.15) is 5.76 Å². The fourth-order valence-corrected chi connectivity index (χ4v) is 0.327. The number of aliphatic imine (C=N–C) groups is 1. The topological polar surface area (TPSA) is 21.6 Å². The van der Waals surface area contributed by atoms with Gasteiger partial charge in [-0.1, -0.05) is 13.2 Å². The van der Waals surface area contributed by atoms with Crippen molar-refractivity contribution in [2.24, 2.45) is 4.99 Å². The third-order valence-electron chi connectivity index (χ3n) is 0.669.